The van der Waals surface area contributed by atoms with Crippen molar-refractivity contribution in [3.05, 3.63) is 59.4 Å². The lowest BCUT2D eigenvalue weighted by Crippen LogP contribution is -2.38. The number of amides is 2. The van der Waals surface area contributed by atoms with Gasteiger partial charge in [-0.3, -0.25) is 9.59 Å². The Kier molecular flexibility index (Phi) is 6.94. The van der Waals surface area contributed by atoms with Gasteiger partial charge in [0.05, 0.1) is 13.2 Å². The molecule has 0 unspecified atom stereocenters. The van der Waals surface area contributed by atoms with Crippen molar-refractivity contribution in [1.29, 1.82) is 0 Å². The average molecular weight is 421 g/mol. The van der Waals surface area contributed by atoms with Crippen LogP contribution in [0.1, 0.15) is 17.3 Å². The van der Waals surface area contributed by atoms with Gasteiger partial charge in [-0.05, 0) is 43.3 Å². The molecule has 0 bridgehead atoms. The van der Waals surface area contributed by atoms with Gasteiger partial charge in [-0.2, -0.15) is 0 Å². The van der Waals surface area contributed by atoms with Crippen molar-refractivity contribution in [3.8, 4) is 0 Å². The van der Waals surface area contributed by atoms with Gasteiger partial charge in [-0.1, -0.05) is 0 Å². The predicted octanol–water partition coefficient (Wildman–Crippen LogP) is 3.04. The van der Waals surface area contributed by atoms with Crippen LogP contribution in [0.5, 0.6) is 0 Å². The van der Waals surface area contributed by atoms with E-state index in [1.165, 1.54) is 0 Å². The zero-order valence-electron chi connectivity index (χ0n) is 16.5. The molecule has 0 spiro atoms. The van der Waals surface area contributed by atoms with Crippen LogP contribution < -0.4 is 10.2 Å². The van der Waals surface area contributed by atoms with Crippen LogP contribution in [0.25, 0.3) is 0 Å². The number of carbonyl (C=O) groups excluding carboxylic acids is 2. The van der Waals surface area contributed by atoms with Gasteiger partial charge in [-0.25, -0.2) is 13.2 Å². The molecule has 0 aromatic heterocycles. The molecule has 160 valence electrons. The van der Waals surface area contributed by atoms with Crippen LogP contribution >= 0.6 is 0 Å². The molecule has 0 aliphatic carbocycles. The van der Waals surface area contributed by atoms with Crippen molar-refractivity contribution >= 4 is 23.2 Å². The molecule has 2 aromatic rings. The number of morpholine rings is 1. The fourth-order valence-electron chi connectivity index (χ4n) is 3.14. The van der Waals surface area contributed by atoms with Crippen molar-refractivity contribution in [3.63, 3.8) is 0 Å². The van der Waals surface area contributed by atoms with Crippen molar-refractivity contribution in [2.75, 3.05) is 49.6 Å². The Hall–Kier alpha value is -3.07. The Labute approximate surface area is 172 Å². The summed E-state index contributed by atoms with van der Waals surface area (Å²) in [6.45, 7) is 4.36. The van der Waals surface area contributed by atoms with Gasteiger partial charge in [0.15, 0.2) is 17.5 Å². The first-order valence-electron chi connectivity index (χ1n) is 9.55. The van der Waals surface area contributed by atoms with Crippen LogP contribution in [0, 0.1) is 17.5 Å². The minimum Gasteiger partial charge on any atom is -0.378 e. The zero-order valence-corrected chi connectivity index (χ0v) is 16.5. The molecule has 2 amide bonds. The molecule has 0 atom stereocenters. The van der Waals surface area contributed by atoms with Gasteiger partial charge < -0.3 is 19.9 Å². The molecular weight excluding hydrogens is 399 g/mol. The summed E-state index contributed by atoms with van der Waals surface area (Å²) in [6, 6.07) is 8.51. The number of carbonyl (C=O) groups is 2. The van der Waals surface area contributed by atoms with Crippen LogP contribution in [0.15, 0.2) is 36.4 Å². The molecule has 9 heteroatoms. The summed E-state index contributed by atoms with van der Waals surface area (Å²) < 4.78 is 45.3. The quantitative estimate of drug-likeness (QED) is 0.729. The van der Waals surface area contributed by atoms with Crippen molar-refractivity contribution in [1.82, 2.24) is 4.90 Å². The number of ether oxygens (including phenoxy) is 1. The van der Waals surface area contributed by atoms with E-state index in [4.69, 9.17) is 4.74 Å². The van der Waals surface area contributed by atoms with E-state index in [-0.39, 0.29) is 18.7 Å². The van der Waals surface area contributed by atoms with Gasteiger partial charge in [0, 0.05) is 36.6 Å². The first-order chi connectivity index (χ1) is 14.4. The number of hydrogen-bond donors (Lipinski definition) is 1. The third-order valence-corrected chi connectivity index (χ3v) is 4.76. The molecule has 3 rings (SSSR count). The first kappa shape index (κ1) is 21.6. The zero-order chi connectivity index (χ0) is 21.7. The molecule has 1 N–H and O–H groups in total. The van der Waals surface area contributed by atoms with Gasteiger partial charge in [0.2, 0.25) is 5.91 Å². The Morgan fingerprint density at radius 1 is 1.07 bits per heavy atom. The van der Waals surface area contributed by atoms with E-state index in [0.29, 0.717) is 31.0 Å². The average Bonchev–Trinajstić information content (AvgIpc) is 2.76. The van der Waals surface area contributed by atoms with Gasteiger partial charge >= 0.3 is 0 Å². The molecule has 1 saturated heterocycles. The van der Waals surface area contributed by atoms with Crippen molar-refractivity contribution in [2.45, 2.75) is 6.92 Å². The topological polar surface area (TPSA) is 61.9 Å². The number of halogens is 3. The minimum atomic E-state index is -1.65. The molecule has 1 fully saturated rings. The number of nitrogens with one attached hydrogen (secondary N) is 1. The molecule has 1 aliphatic rings. The molecule has 30 heavy (non-hydrogen) atoms. The fourth-order valence-corrected chi connectivity index (χ4v) is 3.14. The van der Waals surface area contributed by atoms with Gasteiger partial charge in [0.1, 0.15) is 6.54 Å². The third kappa shape index (κ3) is 5.10. The van der Waals surface area contributed by atoms with E-state index in [1.54, 1.807) is 19.1 Å². The number of benzene rings is 2. The highest BCUT2D eigenvalue weighted by Gasteiger charge is 2.21. The summed E-state index contributed by atoms with van der Waals surface area (Å²) in [7, 11) is 0. The van der Waals surface area contributed by atoms with Gasteiger partial charge in [-0.15, -0.1) is 0 Å². The number of likely N-dealkylation sites (N-methyl/N-ethyl adjacent to an activating group) is 1. The molecular formula is C21H22F3N3O3. The summed E-state index contributed by atoms with van der Waals surface area (Å²) in [4.78, 5) is 28.1. The molecule has 6 nitrogen and oxygen atoms in total. The summed E-state index contributed by atoms with van der Waals surface area (Å²) in [5, 5.41) is 2.69. The van der Waals surface area contributed by atoms with Crippen LogP contribution in [0.2, 0.25) is 0 Å². The predicted molar refractivity (Wildman–Crippen MR) is 106 cm³/mol. The lowest BCUT2D eigenvalue weighted by molar-refractivity contribution is -0.116. The number of hydrogen-bond acceptors (Lipinski definition) is 4. The molecule has 1 aliphatic heterocycles. The highest BCUT2D eigenvalue weighted by Crippen LogP contribution is 2.19. The highest BCUT2D eigenvalue weighted by atomic mass is 19.2. The van der Waals surface area contributed by atoms with Crippen molar-refractivity contribution in [2.24, 2.45) is 0 Å². The Balaban J connectivity index is 1.61. The Morgan fingerprint density at radius 3 is 2.23 bits per heavy atom. The number of anilines is 2. The Bertz CT molecular complexity index is 892. The molecule has 1 heterocycles. The second-order valence-corrected chi connectivity index (χ2v) is 6.77. The maximum atomic E-state index is 13.4. The monoisotopic (exact) mass is 421 g/mol. The standard InChI is InChI=1S/C21H22F3N3O3/c1-2-26(21(29)14-11-17(22)20(24)18(23)12-14)13-19(28)25-15-3-5-16(6-4-15)27-7-9-30-10-8-27/h3-6,11-12H,2,7-10,13H2,1H3,(H,25,28). The lowest BCUT2D eigenvalue weighted by Gasteiger charge is -2.29. The molecule has 0 radical (unpaired) electrons. The minimum absolute atomic E-state index is 0.128. The van der Waals surface area contributed by atoms with E-state index in [0.717, 1.165) is 23.7 Å². The lowest BCUT2D eigenvalue weighted by atomic mass is 10.1. The molecule has 2 aromatic carbocycles. The van der Waals surface area contributed by atoms with Crippen LogP contribution in [0.3, 0.4) is 0 Å². The summed E-state index contributed by atoms with van der Waals surface area (Å²) in [6.07, 6.45) is 0. The summed E-state index contributed by atoms with van der Waals surface area (Å²) in [5.41, 5.74) is 1.21. The van der Waals surface area contributed by atoms with E-state index < -0.39 is 29.3 Å². The third-order valence-electron chi connectivity index (χ3n) is 4.76. The highest BCUT2D eigenvalue weighted by molar-refractivity contribution is 5.99. The largest absolute Gasteiger partial charge is 0.378 e. The smallest absolute Gasteiger partial charge is 0.254 e. The molecule has 0 saturated carbocycles. The summed E-state index contributed by atoms with van der Waals surface area (Å²) in [5.74, 6) is -5.80. The second-order valence-electron chi connectivity index (χ2n) is 6.77. The SMILES string of the molecule is CCN(CC(=O)Nc1ccc(N2CCOCC2)cc1)C(=O)c1cc(F)c(F)c(F)c1. The van der Waals surface area contributed by atoms with Crippen LogP contribution in [-0.4, -0.2) is 56.1 Å². The normalized spacial score (nSPS) is 13.8. The number of nitrogens with zero attached hydrogens (tertiary/aromatic N) is 2. The first-order valence-corrected chi connectivity index (χ1v) is 9.55. The summed E-state index contributed by atoms with van der Waals surface area (Å²) >= 11 is 0. The van der Waals surface area contributed by atoms with E-state index in [2.05, 4.69) is 10.2 Å². The van der Waals surface area contributed by atoms with Gasteiger partial charge in [0.25, 0.3) is 5.91 Å². The van der Waals surface area contributed by atoms with Crippen LogP contribution in [0.4, 0.5) is 24.5 Å². The van der Waals surface area contributed by atoms with E-state index in [9.17, 15) is 22.8 Å². The van der Waals surface area contributed by atoms with E-state index in [1.807, 2.05) is 12.1 Å². The van der Waals surface area contributed by atoms with E-state index >= 15 is 0 Å². The second kappa shape index (κ2) is 9.62. The number of rotatable bonds is 6. The fraction of sp³-hybridized carbons (Fsp3) is 0.333. The Morgan fingerprint density at radius 2 is 1.67 bits per heavy atom. The maximum absolute atomic E-state index is 13.4. The van der Waals surface area contributed by atoms with Crippen LogP contribution in [-0.2, 0) is 9.53 Å². The van der Waals surface area contributed by atoms with Crippen molar-refractivity contribution < 1.29 is 27.5 Å². The maximum Gasteiger partial charge on any atom is 0.254 e.